The fraction of sp³-hybridized carbons (Fsp3) is 0.438. The lowest BCUT2D eigenvalue weighted by Gasteiger charge is -2.10. The van der Waals surface area contributed by atoms with Crippen molar-refractivity contribution in [3.05, 3.63) is 41.3 Å². The van der Waals surface area contributed by atoms with Crippen LogP contribution >= 0.6 is 0 Å². The van der Waals surface area contributed by atoms with Gasteiger partial charge in [0.2, 0.25) is 12.2 Å². The highest BCUT2D eigenvalue weighted by Crippen LogP contribution is 2.30. The van der Waals surface area contributed by atoms with Gasteiger partial charge in [0.25, 0.3) is 0 Å². The summed E-state index contributed by atoms with van der Waals surface area (Å²) in [6, 6.07) is 7.94. The van der Waals surface area contributed by atoms with Gasteiger partial charge < -0.3 is 14.3 Å². The number of aliphatic hydroxyl groups excluding tert-OH is 1. The van der Waals surface area contributed by atoms with Crippen LogP contribution in [-0.2, 0) is 4.74 Å². The molecule has 1 aromatic carbocycles. The van der Waals surface area contributed by atoms with Crippen molar-refractivity contribution in [1.82, 2.24) is 4.98 Å². The summed E-state index contributed by atoms with van der Waals surface area (Å²) in [6.45, 7) is 8.29. The SMILES string of the molecule is CCOC(O)c1nc(-c2ccc(C)cc2)oc1C(C)C. The number of benzene rings is 1. The summed E-state index contributed by atoms with van der Waals surface area (Å²) in [5.74, 6) is 1.32. The monoisotopic (exact) mass is 275 g/mol. The second-order valence-corrected chi connectivity index (χ2v) is 5.10. The van der Waals surface area contributed by atoms with Crippen molar-refractivity contribution in [2.45, 2.75) is 39.9 Å². The molecule has 0 fully saturated rings. The lowest BCUT2D eigenvalue weighted by molar-refractivity contribution is -0.101. The fourth-order valence-corrected chi connectivity index (χ4v) is 1.99. The molecule has 20 heavy (non-hydrogen) atoms. The quantitative estimate of drug-likeness (QED) is 0.843. The summed E-state index contributed by atoms with van der Waals surface area (Å²) in [4.78, 5) is 4.41. The highest BCUT2D eigenvalue weighted by atomic mass is 16.6. The normalized spacial score (nSPS) is 12.9. The molecule has 0 saturated heterocycles. The van der Waals surface area contributed by atoms with Crippen LogP contribution in [0.15, 0.2) is 28.7 Å². The maximum absolute atomic E-state index is 10.0. The zero-order chi connectivity index (χ0) is 14.7. The number of rotatable bonds is 5. The van der Waals surface area contributed by atoms with Crippen molar-refractivity contribution in [3.63, 3.8) is 0 Å². The van der Waals surface area contributed by atoms with Gasteiger partial charge in [-0.25, -0.2) is 4.98 Å². The van der Waals surface area contributed by atoms with Crippen LogP contribution < -0.4 is 0 Å². The zero-order valence-electron chi connectivity index (χ0n) is 12.4. The van der Waals surface area contributed by atoms with Crippen molar-refractivity contribution in [3.8, 4) is 11.5 Å². The predicted octanol–water partition coefficient (Wildman–Crippen LogP) is 3.80. The largest absolute Gasteiger partial charge is 0.440 e. The maximum atomic E-state index is 10.0. The van der Waals surface area contributed by atoms with E-state index in [4.69, 9.17) is 9.15 Å². The Bertz CT molecular complexity index is 558. The van der Waals surface area contributed by atoms with Gasteiger partial charge >= 0.3 is 0 Å². The molecule has 0 spiro atoms. The standard InChI is InChI=1S/C16H21NO3/c1-5-19-16(18)13-14(10(2)3)20-15(17-13)12-8-6-11(4)7-9-12/h6-10,16,18H,5H2,1-4H3. The molecule has 1 unspecified atom stereocenters. The van der Waals surface area contributed by atoms with Gasteiger partial charge in [0.15, 0.2) is 0 Å². The number of hydrogen-bond donors (Lipinski definition) is 1. The Balaban J connectivity index is 2.40. The van der Waals surface area contributed by atoms with Gasteiger partial charge in [0.05, 0.1) is 0 Å². The summed E-state index contributed by atoms with van der Waals surface area (Å²) >= 11 is 0. The van der Waals surface area contributed by atoms with Crippen molar-refractivity contribution < 1.29 is 14.3 Å². The molecular weight excluding hydrogens is 254 g/mol. The third kappa shape index (κ3) is 3.08. The van der Waals surface area contributed by atoms with E-state index in [1.165, 1.54) is 5.56 Å². The van der Waals surface area contributed by atoms with Crippen molar-refractivity contribution in [2.75, 3.05) is 6.61 Å². The van der Waals surface area contributed by atoms with Crippen LogP contribution in [0.25, 0.3) is 11.5 Å². The van der Waals surface area contributed by atoms with E-state index in [2.05, 4.69) is 4.98 Å². The smallest absolute Gasteiger partial charge is 0.226 e. The van der Waals surface area contributed by atoms with Crippen LogP contribution in [0.1, 0.15) is 50.0 Å². The van der Waals surface area contributed by atoms with E-state index in [1.54, 1.807) is 0 Å². The van der Waals surface area contributed by atoms with Gasteiger partial charge in [-0.3, -0.25) is 0 Å². The molecule has 0 aliphatic rings. The summed E-state index contributed by atoms with van der Waals surface area (Å²) in [7, 11) is 0. The number of aryl methyl sites for hydroxylation is 1. The molecule has 108 valence electrons. The Morgan fingerprint density at radius 2 is 1.90 bits per heavy atom. The molecule has 0 saturated carbocycles. The first kappa shape index (κ1) is 14.8. The second kappa shape index (κ2) is 6.20. The molecule has 1 atom stereocenters. The van der Waals surface area contributed by atoms with Crippen LogP contribution in [0.2, 0.25) is 0 Å². The van der Waals surface area contributed by atoms with Crippen LogP contribution in [0, 0.1) is 6.92 Å². The molecule has 4 heteroatoms. The number of ether oxygens (including phenoxy) is 1. The van der Waals surface area contributed by atoms with Crippen LogP contribution in [0.4, 0.5) is 0 Å². The fourth-order valence-electron chi connectivity index (χ4n) is 1.99. The molecule has 1 aromatic heterocycles. The van der Waals surface area contributed by atoms with Crippen LogP contribution in [-0.4, -0.2) is 16.7 Å². The van der Waals surface area contributed by atoms with Gasteiger partial charge in [-0.05, 0) is 26.0 Å². The van der Waals surface area contributed by atoms with Gasteiger partial charge in [0, 0.05) is 18.1 Å². The molecule has 0 radical (unpaired) electrons. The maximum Gasteiger partial charge on any atom is 0.226 e. The zero-order valence-corrected chi connectivity index (χ0v) is 12.4. The Morgan fingerprint density at radius 3 is 2.45 bits per heavy atom. The third-order valence-corrected chi connectivity index (χ3v) is 3.06. The minimum atomic E-state index is -1.04. The van der Waals surface area contributed by atoms with Crippen molar-refractivity contribution >= 4 is 0 Å². The first-order valence-corrected chi connectivity index (χ1v) is 6.90. The number of aliphatic hydroxyl groups is 1. The predicted molar refractivity (Wildman–Crippen MR) is 77.4 cm³/mol. The first-order chi connectivity index (χ1) is 9.52. The molecule has 0 aliphatic heterocycles. The highest BCUT2D eigenvalue weighted by Gasteiger charge is 2.23. The summed E-state index contributed by atoms with van der Waals surface area (Å²) in [6.07, 6.45) is -1.04. The molecule has 2 rings (SSSR count). The van der Waals surface area contributed by atoms with E-state index < -0.39 is 6.29 Å². The first-order valence-electron chi connectivity index (χ1n) is 6.90. The molecule has 2 aromatic rings. The lowest BCUT2D eigenvalue weighted by atomic mass is 10.1. The average molecular weight is 275 g/mol. The van der Waals surface area contributed by atoms with E-state index in [-0.39, 0.29) is 5.92 Å². The topological polar surface area (TPSA) is 55.5 Å². The van der Waals surface area contributed by atoms with E-state index in [9.17, 15) is 5.11 Å². The van der Waals surface area contributed by atoms with Crippen LogP contribution in [0.5, 0.6) is 0 Å². The molecule has 0 aliphatic carbocycles. The number of oxazole rings is 1. The molecular formula is C16H21NO3. The number of nitrogens with zero attached hydrogens (tertiary/aromatic N) is 1. The lowest BCUT2D eigenvalue weighted by Crippen LogP contribution is -2.06. The summed E-state index contributed by atoms with van der Waals surface area (Å²) in [5.41, 5.74) is 2.55. The molecule has 0 bridgehead atoms. The van der Waals surface area contributed by atoms with Gasteiger partial charge in [-0.15, -0.1) is 0 Å². The van der Waals surface area contributed by atoms with E-state index >= 15 is 0 Å². The van der Waals surface area contributed by atoms with Gasteiger partial charge in [0.1, 0.15) is 11.5 Å². The minimum absolute atomic E-state index is 0.131. The molecule has 4 nitrogen and oxygen atoms in total. The Morgan fingerprint density at radius 1 is 1.25 bits per heavy atom. The highest BCUT2D eigenvalue weighted by molar-refractivity contribution is 5.54. The van der Waals surface area contributed by atoms with E-state index in [1.807, 2.05) is 52.0 Å². The summed E-state index contributed by atoms with van der Waals surface area (Å²) in [5, 5.41) is 10.0. The number of aromatic nitrogens is 1. The van der Waals surface area contributed by atoms with E-state index in [0.29, 0.717) is 24.0 Å². The molecule has 1 heterocycles. The van der Waals surface area contributed by atoms with Gasteiger partial charge in [-0.1, -0.05) is 31.5 Å². The van der Waals surface area contributed by atoms with Gasteiger partial charge in [-0.2, -0.15) is 0 Å². The minimum Gasteiger partial charge on any atom is -0.440 e. The molecule has 0 amide bonds. The number of hydrogen-bond acceptors (Lipinski definition) is 4. The Kier molecular flexibility index (Phi) is 4.57. The average Bonchev–Trinajstić information content (AvgIpc) is 2.85. The Hall–Kier alpha value is -1.65. The van der Waals surface area contributed by atoms with Crippen LogP contribution in [0.3, 0.4) is 0 Å². The molecule has 1 N–H and O–H groups in total. The third-order valence-electron chi connectivity index (χ3n) is 3.06. The summed E-state index contributed by atoms with van der Waals surface area (Å²) < 4.78 is 11.0. The second-order valence-electron chi connectivity index (χ2n) is 5.10. The van der Waals surface area contributed by atoms with Crippen molar-refractivity contribution in [2.24, 2.45) is 0 Å². The Labute approximate surface area is 119 Å². The van der Waals surface area contributed by atoms with E-state index in [0.717, 1.165) is 5.56 Å². The van der Waals surface area contributed by atoms with Crippen molar-refractivity contribution in [1.29, 1.82) is 0 Å².